The van der Waals surface area contributed by atoms with E-state index in [2.05, 4.69) is 0 Å². The molecule has 0 saturated carbocycles. The van der Waals surface area contributed by atoms with E-state index >= 15 is 0 Å². The standard InChI is InChI=1S/Ba.10H2O.Sn.Ti/h;10*1H2;;/q+2;;;;;;;;;;;2*+4/p-10. The van der Waals surface area contributed by atoms with Crippen molar-refractivity contribution in [2.24, 2.45) is 0 Å². The third-order valence-electron chi connectivity index (χ3n) is 0. The van der Waals surface area contributed by atoms with Crippen molar-refractivity contribution >= 4 is 72.8 Å². The summed E-state index contributed by atoms with van der Waals surface area (Å²) in [6.45, 7) is 0. The Hall–Kier alpha value is 2.68. The van der Waals surface area contributed by atoms with Crippen LogP contribution in [0.25, 0.3) is 0 Å². The van der Waals surface area contributed by atoms with Gasteiger partial charge in [0.15, 0.2) is 0 Å². The second-order valence-corrected chi connectivity index (χ2v) is 0. The molecule has 0 aromatic heterocycles. The average molecular weight is 474 g/mol. The fourth-order valence-electron chi connectivity index (χ4n) is 0. The molecule has 0 unspecified atom stereocenters. The molecule has 13 heteroatoms. The van der Waals surface area contributed by atoms with Crippen LogP contribution in [0.1, 0.15) is 0 Å². The minimum atomic E-state index is 0. The van der Waals surface area contributed by atoms with Crippen LogP contribution in [-0.2, 0) is 21.7 Å². The first-order valence-electron chi connectivity index (χ1n) is 0. The third-order valence-corrected chi connectivity index (χ3v) is 0. The summed E-state index contributed by atoms with van der Waals surface area (Å²) in [5, 5.41) is 0. The van der Waals surface area contributed by atoms with Gasteiger partial charge in [0.25, 0.3) is 0 Å². The molecule has 13 heavy (non-hydrogen) atoms. The summed E-state index contributed by atoms with van der Waals surface area (Å²) in [5.41, 5.74) is 0. The van der Waals surface area contributed by atoms with Crippen molar-refractivity contribution in [1.29, 1.82) is 0 Å². The minimum absolute atomic E-state index is 0. The Balaban J connectivity index is 0. The van der Waals surface area contributed by atoms with E-state index in [-0.39, 0.29) is 149 Å². The minimum Gasteiger partial charge on any atom is -0.870 e. The van der Waals surface area contributed by atoms with Crippen molar-refractivity contribution in [3.8, 4) is 0 Å². The van der Waals surface area contributed by atoms with Gasteiger partial charge in [-0.05, 0) is 0 Å². The van der Waals surface area contributed by atoms with Gasteiger partial charge in [-0.25, -0.2) is 0 Å². The van der Waals surface area contributed by atoms with E-state index in [0.29, 0.717) is 0 Å². The molecule has 80 valence electrons. The van der Waals surface area contributed by atoms with E-state index in [1.54, 1.807) is 0 Å². The zero-order valence-corrected chi connectivity index (χ0v) is 15.0. The van der Waals surface area contributed by atoms with Gasteiger partial charge < -0.3 is 54.8 Å². The first-order chi connectivity index (χ1) is 0. The molecule has 0 spiro atoms. The van der Waals surface area contributed by atoms with Crippen molar-refractivity contribution < 1.29 is 76.5 Å². The molecule has 0 fully saturated rings. The topological polar surface area (TPSA) is 300 Å². The largest absolute Gasteiger partial charge is 4.00 e. The molecule has 0 amide bonds. The van der Waals surface area contributed by atoms with Gasteiger partial charge in [-0.15, -0.1) is 0 Å². The Morgan fingerprint density at radius 1 is 0.308 bits per heavy atom. The Morgan fingerprint density at radius 2 is 0.308 bits per heavy atom. The van der Waals surface area contributed by atoms with Crippen LogP contribution in [0.2, 0.25) is 0 Å². The van der Waals surface area contributed by atoms with Crippen LogP contribution < -0.4 is 0 Å². The summed E-state index contributed by atoms with van der Waals surface area (Å²) in [7, 11) is 0. The molecule has 0 aliphatic carbocycles. The van der Waals surface area contributed by atoms with Crippen LogP contribution in [0.15, 0.2) is 0 Å². The van der Waals surface area contributed by atoms with E-state index in [1.165, 1.54) is 0 Å². The van der Waals surface area contributed by atoms with Crippen molar-refractivity contribution in [2.45, 2.75) is 0 Å². The Morgan fingerprint density at radius 3 is 0.308 bits per heavy atom. The van der Waals surface area contributed by atoms with Gasteiger partial charge in [0.2, 0.25) is 0 Å². The Kier molecular flexibility index (Phi) is 13800. The van der Waals surface area contributed by atoms with Crippen LogP contribution >= 0.6 is 0 Å². The molecule has 0 aromatic rings. The second-order valence-electron chi connectivity index (χ2n) is 0. The van der Waals surface area contributed by atoms with Crippen LogP contribution in [0.4, 0.5) is 0 Å². The molecule has 0 saturated heterocycles. The Labute approximate surface area is 147 Å². The van der Waals surface area contributed by atoms with Crippen molar-refractivity contribution in [2.75, 3.05) is 0 Å². The van der Waals surface area contributed by atoms with Crippen molar-refractivity contribution in [3.63, 3.8) is 0 Å². The molecule has 0 aromatic carbocycles. The number of rotatable bonds is 0. The van der Waals surface area contributed by atoms with Gasteiger partial charge >= 0.3 is 94.5 Å². The zero-order chi connectivity index (χ0) is 0. The van der Waals surface area contributed by atoms with Crippen LogP contribution in [-0.4, -0.2) is 128 Å². The summed E-state index contributed by atoms with van der Waals surface area (Å²) in [5.74, 6) is 0. The van der Waals surface area contributed by atoms with E-state index in [9.17, 15) is 0 Å². The quantitative estimate of drug-likeness (QED) is 0.331. The third kappa shape index (κ3) is 328. The molecule has 0 rings (SSSR count). The Bertz CT molecular complexity index is 14.9. The predicted molar refractivity (Wildman–Crippen MR) is 30.9 cm³/mol. The second kappa shape index (κ2) is 382. The molecule has 10 nitrogen and oxygen atoms in total. The summed E-state index contributed by atoms with van der Waals surface area (Å²) in [4.78, 5) is 0. The first kappa shape index (κ1) is 469. The summed E-state index contributed by atoms with van der Waals surface area (Å²) < 4.78 is 0. The van der Waals surface area contributed by atoms with Gasteiger partial charge in [0.1, 0.15) is 0 Å². The maximum Gasteiger partial charge on any atom is 4.00 e. The van der Waals surface area contributed by atoms with Crippen LogP contribution in [0, 0.1) is 0 Å². The van der Waals surface area contributed by atoms with E-state index in [4.69, 9.17) is 0 Å². The van der Waals surface area contributed by atoms with E-state index in [0.717, 1.165) is 0 Å². The van der Waals surface area contributed by atoms with Crippen molar-refractivity contribution in [1.82, 2.24) is 0 Å². The molecule has 0 heterocycles. The van der Waals surface area contributed by atoms with Gasteiger partial charge in [-0.1, -0.05) is 0 Å². The van der Waals surface area contributed by atoms with Gasteiger partial charge in [-0.3, -0.25) is 0 Å². The average Bonchev–Trinajstić information content (AvgIpc) is 0. The molecule has 0 radical (unpaired) electrons. The predicted octanol–water partition coefficient (Wildman–Crippen LogP) is -2.53. The molecule has 10 N–H and O–H groups in total. The van der Waals surface area contributed by atoms with Crippen LogP contribution in [0.3, 0.4) is 0 Å². The summed E-state index contributed by atoms with van der Waals surface area (Å²) in [6.07, 6.45) is 0. The summed E-state index contributed by atoms with van der Waals surface area (Å²) >= 11 is 0. The summed E-state index contributed by atoms with van der Waals surface area (Å²) in [6, 6.07) is 0. The molecular formula is H10BaO10SnTi. The molecule has 0 atom stereocenters. The molecule has 0 bridgehead atoms. The maximum absolute atomic E-state index is 0. The van der Waals surface area contributed by atoms with E-state index in [1.807, 2.05) is 0 Å². The fraction of sp³-hybridized carbons (Fsp3) is 0. The van der Waals surface area contributed by atoms with Crippen molar-refractivity contribution in [3.05, 3.63) is 0 Å². The number of hydrogen-bond acceptors (Lipinski definition) is 10. The first-order valence-corrected chi connectivity index (χ1v) is 0. The monoisotopic (exact) mass is 476 g/mol. The molecule has 0 aliphatic rings. The van der Waals surface area contributed by atoms with Crippen LogP contribution in [0.5, 0.6) is 0 Å². The fourth-order valence-corrected chi connectivity index (χ4v) is 0. The molecular weight excluding hydrogens is 464 g/mol. The van der Waals surface area contributed by atoms with E-state index < -0.39 is 0 Å². The normalized spacial score (nSPS) is 0. The van der Waals surface area contributed by atoms with Gasteiger partial charge in [-0.2, -0.15) is 0 Å². The molecule has 0 aliphatic heterocycles. The number of hydrogen-bond donors (Lipinski definition) is 0. The van der Waals surface area contributed by atoms with Gasteiger partial charge in [0.05, 0.1) is 0 Å². The van der Waals surface area contributed by atoms with Gasteiger partial charge in [0, 0.05) is 0 Å². The maximum atomic E-state index is 0. The smallest absolute Gasteiger partial charge is 0.870 e. The zero-order valence-electron chi connectivity index (χ0n) is 6.18. The SMILES string of the molecule is [Ba+2].[OH-].[OH-].[OH-].[OH-].[OH-].[OH-].[OH-].[OH-].[OH-].[OH-].[Sn+4].[Ti+4].